The average molecular weight is 426 g/mol. The fourth-order valence-corrected chi connectivity index (χ4v) is 3.84. The van der Waals surface area contributed by atoms with Crippen LogP contribution in [0, 0.1) is 0 Å². The number of benzene rings is 2. The Hall–Kier alpha value is -2.28. The summed E-state index contributed by atoms with van der Waals surface area (Å²) in [6.45, 7) is 8.08. The summed E-state index contributed by atoms with van der Waals surface area (Å²) in [5.74, 6) is 0.509. The van der Waals surface area contributed by atoms with E-state index in [2.05, 4.69) is 0 Å². The van der Waals surface area contributed by atoms with Crippen LogP contribution in [0.2, 0.25) is 5.02 Å². The SMILES string of the molecule is COc1cc(B2OC(C)(C)C(C)(C)O2)cc2ccn(C(=O)Cc3ccccc3Cl)c12. The first kappa shape index (κ1) is 21.0. The zero-order valence-electron chi connectivity index (χ0n) is 17.9. The van der Waals surface area contributed by atoms with E-state index in [1.807, 2.05) is 64.1 Å². The zero-order chi connectivity index (χ0) is 21.7. The van der Waals surface area contributed by atoms with Crippen molar-refractivity contribution in [3.8, 4) is 5.75 Å². The molecule has 5 nitrogen and oxygen atoms in total. The van der Waals surface area contributed by atoms with Gasteiger partial charge in [0.15, 0.2) is 0 Å². The van der Waals surface area contributed by atoms with Gasteiger partial charge < -0.3 is 14.0 Å². The molecule has 0 atom stereocenters. The predicted octanol–water partition coefficient (Wildman–Crippen LogP) is 4.49. The molecule has 1 aliphatic heterocycles. The fourth-order valence-electron chi connectivity index (χ4n) is 3.63. The zero-order valence-corrected chi connectivity index (χ0v) is 18.6. The summed E-state index contributed by atoms with van der Waals surface area (Å²) in [5.41, 5.74) is 1.50. The molecule has 0 bridgehead atoms. The Morgan fingerprint density at radius 3 is 2.40 bits per heavy atom. The third-order valence-electron chi connectivity index (χ3n) is 6.08. The van der Waals surface area contributed by atoms with Crippen molar-refractivity contribution in [2.24, 2.45) is 0 Å². The van der Waals surface area contributed by atoms with Crippen molar-refractivity contribution in [1.29, 1.82) is 0 Å². The van der Waals surface area contributed by atoms with Crippen molar-refractivity contribution < 1.29 is 18.8 Å². The van der Waals surface area contributed by atoms with Gasteiger partial charge in [0.1, 0.15) is 5.75 Å². The molecule has 4 rings (SSSR count). The van der Waals surface area contributed by atoms with Crippen molar-refractivity contribution in [2.75, 3.05) is 7.11 Å². The van der Waals surface area contributed by atoms with Gasteiger partial charge in [0.05, 0.1) is 30.2 Å². The van der Waals surface area contributed by atoms with Crippen LogP contribution in [0.4, 0.5) is 0 Å². The van der Waals surface area contributed by atoms with Crippen LogP contribution in [0.25, 0.3) is 10.9 Å². The van der Waals surface area contributed by atoms with Gasteiger partial charge in [-0.1, -0.05) is 35.9 Å². The van der Waals surface area contributed by atoms with Gasteiger partial charge in [0.25, 0.3) is 0 Å². The molecule has 7 heteroatoms. The number of halogens is 1. The molecule has 1 aliphatic rings. The van der Waals surface area contributed by atoms with Crippen LogP contribution in [0.5, 0.6) is 5.75 Å². The molecule has 0 N–H and O–H groups in total. The van der Waals surface area contributed by atoms with Crippen LogP contribution in [-0.4, -0.2) is 35.9 Å². The van der Waals surface area contributed by atoms with Crippen LogP contribution < -0.4 is 10.2 Å². The lowest BCUT2D eigenvalue weighted by atomic mass is 9.78. The molecule has 30 heavy (non-hydrogen) atoms. The standard InChI is InChI=1S/C23H25BClNO4/c1-22(2)23(3,4)30-24(29-22)17-12-16-10-11-26(21(16)19(14-17)28-5)20(27)13-15-8-6-7-9-18(15)25/h6-12,14H,13H2,1-5H3. The molecule has 0 unspecified atom stereocenters. The smallest absolute Gasteiger partial charge is 0.494 e. The first-order valence-electron chi connectivity index (χ1n) is 9.94. The summed E-state index contributed by atoms with van der Waals surface area (Å²) in [5, 5.41) is 1.46. The Morgan fingerprint density at radius 1 is 1.10 bits per heavy atom. The quantitative estimate of drug-likeness (QED) is 0.578. The number of methoxy groups -OCH3 is 1. The summed E-state index contributed by atoms with van der Waals surface area (Å²) in [6.07, 6.45) is 1.96. The molecular formula is C23H25BClNO4. The van der Waals surface area contributed by atoms with Crippen molar-refractivity contribution in [3.63, 3.8) is 0 Å². The Balaban J connectivity index is 1.70. The highest BCUT2D eigenvalue weighted by Gasteiger charge is 2.51. The van der Waals surface area contributed by atoms with Crippen LogP contribution in [0.3, 0.4) is 0 Å². The molecule has 0 saturated carbocycles. The summed E-state index contributed by atoms with van der Waals surface area (Å²) in [7, 11) is 1.09. The minimum Gasteiger partial charge on any atom is -0.495 e. The first-order valence-corrected chi connectivity index (χ1v) is 10.3. The summed E-state index contributed by atoms with van der Waals surface area (Å²) < 4.78 is 19.6. The van der Waals surface area contributed by atoms with Crippen LogP contribution in [0.1, 0.15) is 38.1 Å². The molecule has 0 radical (unpaired) electrons. The second-order valence-electron chi connectivity index (χ2n) is 8.60. The highest BCUT2D eigenvalue weighted by molar-refractivity contribution is 6.62. The van der Waals surface area contributed by atoms with Gasteiger partial charge in [-0.3, -0.25) is 9.36 Å². The molecule has 156 valence electrons. The van der Waals surface area contributed by atoms with Gasteiger partial charge >= 0.3 is 7.12 Å². The fraction of sp³-hybridized carbons (Fsp3) is 0.348. The Bertz CT molecular complexity index is 1110. The maximum Gasteiger partial charge on any atom is 0.494 e. The number of rotatable bonds is 4. The van der Waals surface area contributed by atoms with Crippen molar-refractivity contribution in [2.45, 2.75) is 45.3 Å². The molecule has 2 aromatic carbocycles. The van der Waals surface area contributed by atoms with E-state index in [-0.39, 0.29) is 12.3 Å². The Morgan fingerprint density at radius 2 is 1.77 bits per heavy atom. The van der Waals surface area contributed by atoms with E-state index in [0.717, 1.165) is 21.9 Å². The van der Waals surface area contributed by atoms with E-state index in [0.29, 0.717) is 10.8 Å². The van der Waals surface area contributed by atoms with E-state index < -0.39 is 18.3 Å². The predicted molar refractivity (Wildman–Crippen MR) is 120 cm³/mol. The van der Waals surface area contributed by atoms with Gasteiger partial charge in [-0.15, -0.1) is 0 Å². The van der Waals surface area contributed by atoms with E-state index in [1.54, 1.807) is 23.9 Å². The normalized spacial score (nSPS) is 17.5. The highest BCUT2D eigenvalue weighted by atomic mass is 35.5. The monoisotopic (exact) mass is 425 g/mol. The third-order valence-corrected chi connectivity index (χ3v) is 6.45. The van der Waals surface area contributed by atoms with Gasteiger partial charge in [-0.05, 0) is 56.9 Å². The largest absolute Gasteiger partial charge is 0.495 e. The van der Waals surface area contributed by atoms with E-state index in [4.69, 9.17) is 25.6 Å². The average Bonchev–Trinajstić information content (AvgIpc) is 3.21. The third kappa shape index (κ3) is 3.53. The van der Waals surface area contributed by atoms with E-state index >= 15 is 0 Å². The maximum absolute atomic E-state index is 13.0. The Labute approximate surface area is 182 Å². The summed E-state index contributed by atoms with van der Waals surface area (Å²) in [6, 6.07) is 13.1. The number of fused-ring (bicyclic) bond motifs is 1. The first-order chi connectivity index (χ1) is 14.1. The number of hydrogen-bond acceptors (Lipinski definition) is 4. The lowest BCUT2D eigenvalue weighted by molar-refractivity contribution is 0.00578. The summed E-state index contributed by atoms with van der Waals surface area (Å²) >= 11 is 6.23. The van der Waals surface area contributed by atoms with Crippen LogP contribution in [0.15, 0.2) is 48.7 Å². The molecular weight excluding hydrogens is 401 g/mol. The molecule has 3 aromatic rings. The minimum atomic E-state index is -0.504. The summed E-state index contributed by atoms with van der Waals surface area (Å²) in [4.78, 5) is 13.0. The van der Waals surface area contributed by atoms with E-state index in [1.165, 1.54) is 0 Å². The molecule has 0 spiro atoms. The van der Waals surface area contributed by atoms with Gasteiger partial charge in [0.2, 0.25) is 5.91 Å². The molecule has 0 aliphatic carbocycles. The number of aromatic nitrogens is 1. The molecule has 0 amide bonds. The van der Waals surface area contributed by atoms with Gasteiger partial charge in [-0.25, -0.2) is 0 Å². The molecule has 1 fully saturated rings. The molecule has 2 heterocycles. The van der Waals surface area contributed by atoms with E-state index in [9.17, 15) is 4.79 Å². The number of hydrogen-bond donors (Lipinski definition) is 0. The minimum absolute atomic E-state index is 0.0835. The second kappa shape index (κ2) is 7.45. The lowest BCUT2D eigenvalue weighted by Gasteiger charge is -2.32. The van der Waals surface area contributed by atoms with Crippen LogP contribution >= 0.6 is 11.6 Å². The van der Waals surface area contributed by atoms with Crippen LogP contribution in [-0.2, 0) is 15.7 Å². The number of carbonyl (C=O) groups is 1. The number of nitrogens with zero attached hydrogens (tertiary/aromatic N) is 1. The number of ether oxygens (including phenoxy) is 1. The number of carbonyl (C=O) groups excluding carboxylic acids is 1. The maximum atomic E-state index is 13.0. The van der Waals surface area contributed by atoms with Crippen molar-refractivity contribution >= 4 is 41.0 Å². The Kier molecular flexibility index (Phi) is 5.21. The van der Waals surface area contributed by atoms with Crippen molar-refractivity contribution in [1.82, 2.24) is 4.57 Å². The second-order valence-corrected chi connectivity index (χ2v) is 9.00. The lowest BCUT2D eigenvalue weighted by Crippen LogP contribution is -2.41. The molecule has 1 saturated heterocycles. The molecule has 1 aromatic heterocycles. The van der Waals surface area contributed by atoms with Gasteiger partial charge in [0, 0.05) is 16.6 Å². The topological polar surface area (TPSA) is 49.7 Å². The highest BCUT2D eigenvalue weighted by Crippen LogP contribution is 2.37. The van der Waals surface area contributed by atoms with Gasteiger partial charge in [-0.2, -0.15) is 0 Å². The van der Waals surface area contributed by atoms with Crippen molar-refractivity contribution in [3.05, 3.63) is 59.2 Å².